The van der Waals surface area contributed by atoms with Gasteiger partial charge in [-0.15, -0.1) is 18.2 Å². The van der Waals surface area contributed by atoms with Gasteiger partial charge in [-0.1, -0.05) is 18.6 Å². The molecule has 0 amide bonds. The van der Waals surface area contributed by atoms with Gasteiger partial charge in [-0.05, 0) is 61.7 Å². The summed E-state index contributed by atoms with van der Waals surface area (Å²) >= 11 is 2.94. The third kappa shape index (κ3) is 4.69. The fourth-order valence-electron chi connectivity index (χ4n) is 2.69. The van der Waals surface area contributed by atoms with Crippen molar-refractivity contribution in [3.8, 4) is 12.3 Å². The largest absolute Gasteiger partial charge is 0.358 e. The van der Waals surface area contributed by atoms with Crippen LogP contribution in [0.25, 0.3) is 11.0 Å². The number of rotatable bonds is 8. The first-order valence-electron chi connectivity index (χ1n) is 8.60. The van der Waals surface area contributed by atoms with E-state index in [4.69, 9.17) is 6.42 Å². The molecule has 28 heavy (non-hydrogen) atoms. The molecule has 0 spiro atoms. The highest BCUT2D eigenvalue weighted by atomic mass is 32.2. The lowest BCUT2D eigenvalue weighted by molar-refractivity contribution is 0.905. The van der Waals surface area contributed by atoms with Crippen molar-refractivity contribution < 1.29 is 0 Å². The summed E-state index contributed by atoms with van der Waals surface area (Å²) < 4.78 is 8.62. The number of nitrogens with zero attached hydrogens (tertiary/aromatic N) is 4. The smallest absolute Gasteiger partial charge is 0.105 e. The standard InChI is InChI=1S/C22H20N4S2/c1-5-17-7-10-19(11-8-17)26(15-27-16(3)20(6-2)23-4)14-18-9-12-21-22(13-18)25-28-24-21/h1,6-13H,2,4,14-15H2,3H3/b20-16-. The zero-order chi connectivity index (χ0) is 19.9. The summed E-state index contributed by atoms with van der Waals surface area (Å²) in [7, 11) is 0. The maximum absolute atomic E-state index is 5.49. The second-order valence-electron chi connectivity index (χ2n) is 6.05. The predicted molar refractivity (Wildman–Crippen MR) is 123 cm³/mol. The van der Waals surface area contributed by atoms with Gasteiger partial charge >= 0.3 is 0 Å². The minimum Gasteiger partial charge on any atom is -0.358 e. The van der Waals surface area contributed by atoms with Gasteiger partial charge in [0.05, 0.1) is 23.3 Å². The van der Waals surface area contributed by atoms with Crippen LogP contribution in [0.3, 0.4) is 0 Å². The quantitative estimate of drug-likeness (QED) is 0.215. The third-order valence-electron chi connectivity index (χ3n) is 4.25. The first kappa shape index (κ1) is 19.9. The van der Waals surface area contributed by atoms with E-state index in [1.54, 1.807) is 17.8 Å². The van der Waals surface area contributed by atoms with Crippen LogP contribution in [0.15, 0.2) is 70.7 Å². The summed E-state index contributed by atoms with van der Waals surface area (Å²) in [6.07, 6.45) is 7.22. The van der Waals surface area contributed by atoms with Gasteiger partial charge in [0, 0.05) is 22.7 Å². The highest BCUT2D eigenvalue weighted by molar-refractivity contribution is 8.03. The molecule has 0 fully saturated rings. The van der Waals surface area contributed by atoms with Gasteiger partial charge in [-0.2, -0.15) is 8.75 Å². The zero-order valence-corrected chi connectivity index (χ0v) is 17.3. The van der Waals surface area contributed by atoms with Crippen LogP contribution < -0.4 is 4.90 Å². The Balaban J connectivity index is 1.86. The van der Waals surface area contributed by atoms with Crippen molar-refractivity contribution >= 4 is 46.9 Å². The monoisotopic (exact) mass is 404 g/mol. The molecule has 0 radical (unpaired) electrons. The Morgan fingerprint density at radius 3 is 2.68 bits per heavy atom. The molecule has 2 aromatic carbocycles. The van der Waals surface area contributed by atoms with E-state index in [1.165, 1.54) is 17.3 Å². The van der Waals surface area contributed by atoms with Gasteiger partial charge in [0.1, 0.15) is 11.0 Å². The van der Waals surface area contributed by atoms with Crippen LogP contribution in [0.1, 0.15) is 18.1 Å². The molecule has 0 aliphatic carbocycles. The van der Waals surface area contributed by atoms with Crippen LogP contribution in [0.2, 0.25) is 0 Å². The van der Waals surface area contributed by atoms with Gasteiger partial charge in [0.25, 0.3) is 0 Å². The number of aliphatic imine (C=N–C) groups is 1. The fraction of sp³-hybridized carbons (Fsp3) is 0.136. The number of aromatic nitrogens is 2. The molecule has 4 nitrogen and oxygen atoms in total. The van der Waals surface area contributed by atoms with E-state index in [0.29, 0.717) is 0 Å². The van der Waals surface area contributed by atoms with Crippen molar-refractivity contribution in [2.45, 2.75) is 13.5 Å². The van der Waals surface area contributed by atoms with Crippen molar-refractivity contribution in [2.75, 3.05) is 10.8 Å². The van der Waals surface area contributed by atoms with Gasteiger partial charge in [0.15, 0.2) is 0 Å². The molecule has 0 saturated carbocycles. The normalized spacial score (nSPS) is 11.6. The number of anilines is 1. The average molecular weight is 405 g/mol. The van der Waals surface area contributed by atoms with Gasteiger partial charge in [0.2, 0.25) is 0 Å². The van der Waals surface area contributed by atoms with Crippen molar-refractivity contribution in [3.63, 3.8) is 0 Å². The average Bonchev–Trinajstić information content (AvgIpc) is 3.20. The van der Waals surface area contributed by atoms with E-state index in [2.05, 4.69) is 62.1 Å². The summed E-state index contributed by atoms with van der Waals surface area (Å²) in [5.74, 6) is 3.42. The molecular weight excluding hydrogens is 384 g/mol. The molecule has 140 valence electrons. The van der Waals surface area contributed by atoms with E-state index in [0.717, 1.165) is 45.3 Å². The summed E-state index contributed by atoms with van der Waals surface area (Å²) in [6, 6.07) is 14.2. The van der Waals surface area contributed by atoms with E-state index < -0.39 is 0 Å². The molecule has 1 aromatic heterocycles. The number of terminal acetylenes is 1. The van der Waals surface area contributed by atoms with E-state index in [1.807, 2.05) is 25.1 Å². The Hall–Kier alpha value is -2.88. The Labute approximate surface area is 174 Å². The van der Waals surface area contributed by atoms with Crippen molar-refractivity contribution in [3.05, 3.63) is 76.8 Å². The zero-order valence-electron chi connectivity index (χ0n) is 15.6. The molecule has 0 atom stereocenters. The number of benzene rings is 2. The first-order valence-corrected chi connectivity index (χ1v) is 10.3. The predicted octanol–water partition coefficient (Wildman–Crippen LogP) is 5.49. The Morgan fingerprint density at radius 1 is 1.25 bits per heavy atom. The highest BCUT2D eigenvalue weighted by Gasteiger charge is 2.11. The molecule has 6 heteroatoms. The van der Waals surface area contributed by atoms with Crippen LogP contribution in [0, 0.1) is 12.3 Å². The van der Waals surface area contributed by atoms with Gasteiger partial charge < -0.3 is 4.90 Å². The molecule has 0 bridgehead atoms. The van der Waals surface area contributed by atoms with E-state index in [-0.39, 0.29) is 0 Å². The number of thioether (sulfide) groups is 1. The topological polar surface area (TPSA) is 41.4 Å². The molecule has 0 saturated heterocycles. The Bertz CT molecular complexity index is 1050. The summed E-state index contributed by atoms with van der Waals surface area (Å²) in [5, 5.41) is 0. The SMILES string of the molecule is C#Cc1ccc(N(CS/C(C)=C(/C=C)N=C)Cc2ccc3nsnc3c2)cc1. The summed E-state index contributed by atoms with van der Waals surface area (Å²) in [5.41, 5.74) is 5.81. The van der Waals surface area contributed by atoms with Crippen molar-refractivity contribution in [1.29, 1.82) is 0 Å². The van der Waals surface area contributed by atoms with Crippen LogP contribution in [0.5, 0.6) is 0 Å². The van der Waals surface area contributed by atoms with Crippen molar-refractivity contribution in [2.24, 2.45) is 4.99 Å². The van der Waals surface area contributed by atoms with Crippen LogP contribution in [-0.4, -0.2) is 21.3 Å². The van der Waals surface area contributed by atoms with Crippen LogP contribution in [-0.2, 0) is 6.54 Å². The molecule has 0 aliphatic heterocycles. The summed E-state index contributed by atoms with van der Waals surface area (Å²) in [4.78, 5) is 7.40. The molecule has 1 heterocycles. The van der Waals surface area contributed by atoms with E-state index >= 15 is 0 Å². The fourth-order valence-corrected chi connectivity index (χ4v) is 4.10. The lowest BCUT2D eigenvalue weighted by Crippen LogP contribution is -2.22. The second kappa shape index (κ2) is 9.36. The molecule has 0 unspecified atom stereocenters. The minimum absolute atomic E-state index is 0.744. The molecule has 0 aliphatic rings. The molecule has 0 N–H and O–H groups in total. The highest BCUT2D eigenvalue weighted by Crippen LogP contribution is 2.27. The number of hydrogen-bond acceptors (Lipinski definition) is 6. The number of fused-ring (bicyclic) bond motifs is 1. The lowest BCUT2D eigenvalue weighted by atomic mass is 10.1. The maximum Gasteiger partial charge on any atom is 0.105 e. The molecular formula is C22H20N4S2. The second-order valence-corrected chi connectivity index (χ2v) is 7.74. The Kier molecular flexibility index (Phi) is 6.64. The van der Waals surface area contributed by atoms with E-state index in [9.17, 15) is 0 Å². The first-order chi connectivity index (χ1) is 13.6. The van der Waals surface area contributed by atoms with Crippen LogP contribution >= 0.6 is 23.5 Å². The molecule has 3 aromatic rings. The lowest BCUT2D eigenvalue weighted by Gasteiger charge is -2.25. The van der Waals surface area contributed by atoms with Crippen LogP contribution in [0.4, 0.5) is 5.69 Å². The van der Waals surface area contributed by atoms with Crippen molar-refractivity contribution in [1.82, 2.24) is 8.75 Å². The van der Waals surface area contributed by atoms with Gasteiger partial charge in [-0.25, -0.2) is 0 Å². The minimum atomic E-state index is 0.744. The molecule has 3 rings (SSSR count). The Morgan fingerprint density at radius 2 is 2.00 bits per heavy atom. The summed E-state index contributed by atoms with van der Waals surface area (Å²) in [6.45, 7) is 10.2. The maximum atomic E-state index is 5.49. The number of allylic oxidation sites excluding steroid dienone is 2. The number of hydrogen-bond donors (Lipinski definition) is 0. The third-order valence-corrected chi connectivity index (χ3v) is 5.89. The van der Waals surface area contributed by atoms with Gasteiger partial charge in [-0.3, -0.25) is 4.99 Å².